The summed E-state index contributed by atoms with van der Waals surface area (Å²) in [5.74, 6) is 1.34. The maximum Gasteiger partial charge on any atom is 0.230 e. The predicted octanol–water partition coefficient (Wildman–Crippen LogP) is 3.30. The van der Waals surface area contributed by atoms with Gasteiger partial charge in [0.1, 0.15) is 0 Å². The Morgan fingerprint density at radius 2 is 1.96 bits per heavy atom. The van der Waals surface area contributed by atoms with Crippen molar-refractivity contribution in [3.8, 4) is 0 Å². The molecule has 0 saturated carbocycles. The van der Waals surface area contributed by atoms with E-state index in [4.69, 9.17) is 0 Å². The third-order valence-corrected chi connectivity index (χ3v) is 5.12. The summed E-state index contributed by atoms with van der Waals surface area (Å²) in [6.07, 6.45) is 4.64. The topological polar surface area (TPSA) is 45.2 Å². The summed E-state index contributed by atoms with van der Waals surface area (Å²) in [6.45, 7) is 2.77. The number of hydrogen-bond donors (Lipinski definition) is 1. The van der Waals surface area contributed by atoms with Crippen molar-refractivity contribution in [2.24, 2.45) is 0 Å². The van der Waals surface area contributed by atoms with Crippen molar-refractivity contribution in [2.45, 2.75) is 25.1 Å². The van der Waals surface area contributed by atoms with Gasteiger partial charge < -0.3 is 10.2 Å². The molecule has 1 unspecified atom stereocenters. The molecule has 1 amide bonds. The molecule has 0 aliphatic carbocycles. The SMILES string of the molecule is CCc1ccc(C(CNC(=O)CSCc2cccnc2)N(C)C)cc1. The van der Waals surface area contributed by atoms with Crippen molar-refractivity contribution in [1.82, 2.24) is 15.2 Å². The van der Waals surface area contributed by atoms with Crippen LogP contribution in [0.4, 0.5) is 0 Å². The first-order valence-corrected chi connectivity index (χ1v) is 9.74. The predicted molar refractivity (Wildman–Crippen MR) is 106 cm³/mol. The van der Waals surface area contributed by atoms with Gasteiger partial charge in [-0.1, -0.05) is 37.3 Å². The quantitative estimate of drug-likeness (QED) is 0.748. The molecule has 0 aliphatic rings. The van der Waals surface area contributed by atoms with Gasteiger partial charge in [0, 0.05) is 24.7 Å². The van der Waals surface area contributed by atoms with Gasteiger partial charge in [0.15, 0.2) is 0 Å². The van der Waals surface area contributed by atoms with E-state index < -0.39 is 0 Å². The lowest BCUT2D eigenvalue weighted by molar-refractivity contribution is -0.118. The normalized spacial score (nSPS) is 12.2. The van der Waals surface area contributed by atoms with Gasteiger partial charge in [-0.05, 0) is 43.3 Å². The van der Waals surface area contributed by atoms with Gasteiger partial charge in [0.25, 0.3) is 0 Å². The van der Waals surface area contributed by atoms with Crippen LogP contribution in [-0.2, 0) is 17.0 Å². The minimum Gasteiger partial charge on any atom is -0.353 e. The van der Waals surface area contributed by atoms with E-state index in [9.17, 15) is 4.79 Å². The molecule has 0 fully saturated rings. The smallest absolute Gasteiger partial charge is 0.230 e. The molecule has 0 aliphatic heterocycles. The van der Waals surface area contributed by atoms with Gasteiger partial charge in [-0.2, -0.15) is 0 Å². The highest BCUT2D eigenvalue weighted by Gasteiger charge is 2.15. The second-order valence-corrected chi connectivity index (χ2v) is 7.22. The Balaban J connectivity index is 1.80. The number of nitrogens with zero attached hydrogens (tertiary/aromatic N) is 2. The first-order valence-electron chi connectivity index (χ1n) is 8.58. The van der Waals surface area contributed by atoms with Crippen molar-refractivity contribution in [3.63, 3.8) is 0 Å². The second kappa shape index (κ2) is 10.2. The maximum absolute atomic E-state index is 12.1. The summed E-state index contributed by atoms with van der Waals surface area (Å²) in [5, 5.41) is 3.06. The Bertz CT molecular complexity index is 644. The number of likely N-dealkylation sites (N-methyl/N-ethyl adjacent to an activating group) is 1. The number of aryl methyl sites for hydroxylation is 1. The van der Waals surface area contributed by atoms with E-state index in [1.807, 2.05) is 32.4 Å². The standard InChI is InChI=1S/C20H27N3OS/c1-4-16-7-9-18(10-8-16)19(23(2)3)13-22-20(24)15-25-14-17-6-5-11-21-12-17/h5-12,19H,4,13-15H2,1-3H3,(H,22,24). The number of hydrogen-bond acceptors (Lipinski definition) is 4. The van der Waals surface area contributed by atoms with E-state index in [0.717, 1.165) is 17.7 Å². The molecular formula is C20H27N3OS. The van der Waals surface area contributed by atoms with E-state index in [2.05, 4.69) is 46.4 Å². The summed E-state index contributed by atoms with van der Waals surface area (Å²) in [7, 11) is 4.09. The van der Waals surface area contributed by atoms with E-state index in [1.54, 1.807) is 18.0 Å². The van der Waals surface area contributed by atoms with E-state index in [1.165, 1.54) is 11.1 Å². The molecule has 1 aromatic heterocycles. The van der Waals surface area contributed by atoms with Crippen molar-refractivity contribution >= 4 is 17.7 Å². The number of amides is 1. The van der Waals surface area contributed by atoms with Crippen LogP contribution in [-0.4, -0.2) is 42.2 Å². The molecule has 1 N–H and O–H groups in total. The van der Waals surface area contributed by atoms with Crippen LogP contribution in [0.3, 0.4) is 0 Å². The molecule has 25 heavy (non-hydrogen) atoms. The molecule has 1 aromatic carbocycles. The number of rotatable bonds is 9. The molecule has 0 saturated heterocycles. The monoisotopic (exact) mass is 357 g/mol. The summed E-state index contributed by atoms with van der Waals surface area (Å²) in [5.41, 5.74) is 3.70. The van der Waals surface area contributed by atoms with Gasteiger partial charge >= 0.3 is 0 Å². The maximum atomic E-state index is 12.1. The molecule has 2 aromatic rings. The van der Waals surface area contributed by atoms with E-state index in [-0.39, 0.29) is 11.9 Å². The highest BCUT2D eigenvalue weighted by molar-refractivity contribution is 7.99. The highest BCUT2D eigenvalue weighted by atomic mass is 32.2. The first-order chi connectivity index (χ1) is 12.1. The number of benzene rings is 1. The fourth-order valence-electron chi connectivity index (χ4n) is 2.58. The lowest BCUT2D eigenvalue weighted by atomic mass is 10.0. The van der Waals surface area contributed by atoms with Crippen LogP contribution in [0.5, 0.6) is 0 Å². The number of thioether (sulfide) groups is 1. The van der Waals surface area contributed by atoms with Crippen LogP contribution in [0.25, 0.3) is 0 Å². The molecular weight excluding hydrogens is 330 g/mol. The van der Waals surface area contributed by atoms with Crippen molar-refractivity contribution in [2.75, 3.05) is 26.4 Å². The molecule has 0 bridgehead atoms. The Labute approximate surface area is 155 Å². The Hall–Kier alpha value is -1.85. The summed E-state index contributed by atoms with van der Waals surface area (Å²) in [4.78, 5) is 18.4. The third kappa shape index (κ3) is 6.52. The number of carbonyl (C=O) groups is 1. The Morgan fingerprint density at radius 3 is 2.56 bits per heavy atom. The summed E-state index contributed by atoms with van der Waals surface area (Å²) < 4.78 is 0. The van der Waals surface area contributed by atoms with E-state index >= 15 is 0 Å². The molecule has 1 heterocycles. The molecule has 1 atom stereocenters. The average molecular weight is 358 g/mol. The lowest BCUT2D eigenvalue weighted by Crippen LogP contribution is -2.35. The zero-order chi connectivity index (χ0) is 18.1. The molecule has 2 rings (SSSR count). The minimum atomic E-state index is 0.0749. The third-order valence-electron chi connectivity index (χ3n) is 4.11. The molecule has 134 valence electrons. The highest BCUT2D eigenvalue weighted by Crippen LogP contribution is 2.18. The molecule has 4 nitrogen and oxygen atoms in total. The zero-order valence-corrected chi connectivity index (χ0v) is 16.1. The van der Waals surface area contributed by atoms with Crippen molar-refractivity contribution < 1.29 is 4.79 Å². The zero-order valence-electron chi connectivity index (χ0n) is 15.2. The average Bonchev–Trinajstić information content (AvgIpc) is 2.63. The van der Waals surface area contributed by atoms with Crippen molar-refractivity contribution in [1.29, 1.82) is 0 Å². The number of nitrogens with one attached hydrogen (secondary N) is 1. The van der Waals surface area contributed by atoms with Crippen LogP contribution < -0.4 is 5.32 Å². The van der Waals surface area contributed by atoms with Crippen LogP contribution >= 0.6 is 11.8 Å². The Kier molecular flexibility index (Phi) is 7.95. The van der Waals surface area contributed by atoms with Gasteiger partial charge in [0.05, 0.1) is 11.8 Å². The van der Waals surface area contributed by atoms with Crippen LogP contribution in [0, 0.1) is 0 Å². The lowest BCUT2D eigenvalue weighted by Gasteiger charge is -2.25. The molecule has 0 spiro atoms. The fraction of sp³-hybridized carbons (Fsp3) is 0.400. The van der Waals surface area contributed by atoms with Gasteiger partial charge in [0.2, 0.25) is 5.91 Å². The second-order valence-electron chi connectivity index (χ2n) is 6.23. The Morgan fingerprint density at radius 1 is 1.20 bits per heavy atom. The number of pyridine rings is 1. The minimum absolute atomic E-state index is 0.0749. The first kappa shape index (κ1) is 19.5. The summed E-state index contributed by atoms with van der Waals surface area (Å²) >= 11 is 1.61. The number of aromatic nitrogens is 1. The van der Waals surface area contributed by atoms with E-state index in [0.29, 0.717) is 12.3 Å². The van der Waals surface area contributed by atoms with Crippen LogP contribution in [0.2, 0.25) is 0 Å². The van der Waals surface area contributed by atoms with Gasteiger partial charge in [-0.15, -0.1) is 11.8 Å². The summed E-state index contributed by atoms with van der Waals surface area (Å²) in [6, 6.07) is 12.8. The largest absolute Gasteiger partial charge is 0.353 e. The van der Waals surface area contributed by atoms with Crippen LogP contribution in [0.1, 0.15) is 29.7 Å². The van der Waals surface area contributed by atoms with Gasteiger partial charge in [-0.25, -0.2) is 0 Å². The fourth-order valence-corrected chi connectivity index (χ4v) is 3.38. The van der Waals surface area contributed by atoms with Gasteiger partial charge in [-0.3, -0.25) is 9.78 Å². The van der Waals surface area contributed by atoms with Crippen molar-refractivity contribution in [3.05, 3.63) is 65.5 Å². The molecule has 5 heteroatoms. The number of carbonyl (C=O) groups excluding carboxylic acids is 1. The molecule has 0 radical (unpaired) electrons. The van der Waals surface area contributed by atoms with Crippen LogP contribution in [0.15, 0.2) is 48.8 Å².